The fourth-order valence-electron chi connectivity index (χ4n) is 2.52. The quantitative estimate of drug-likeness (QED) is 0.501. The Bertz CT molecular complexity index is 879. The second-order valence-electron chi connectivity index (χ2n) is 5.99. The zero-order valence-electron chi connectivity index (χ0n) is 15.1. The topological polar surface area (TPSA) is 26.3 Å². The Labute approximate surface area is 162 Å². The van der Waals surface area contributed by atoms with Crippen LogP contribution in [0.3, 0.4) is 0 Å². The maximum Gasteiger partial charge on any atom is 0.305 e. The van der Waals surface area contributed by atoms with Gasteiger partial charge in [-0.2, -0.15) is 8.78 Å². The van der Waals surface area contributed by atoms with Gasteiger partial charge in [-0.05, 0) is 60.7 Å². The van der Waals surface area contributed by atoms with Crippen molar-refractivity contribution in [2.45, 2.75) is 26.2 Å². The SMILES string of the molecule is COC(=O)CCc1cc(C)c(C#Cc2ccc(CC=C(F)F)cc2)c(Cl)c1. The number of hydrogen-bond donors (Lipinski definition) is 0. The molecule has 0 saturated heterocycles. The molecule has 2 aromatic carbocycles. The summed E-state index contributed by atoms with van der Waals surface area (Å²) in [6.07, 6.45) is 0.236. The van der Waals surface area contributed by atoms with E-state index in [-0.39, 0.29) is 12.4 Å². The summed E-state index contributed by atoms with van der Waals surface area (Å²) in [6.45, 7) is 1.92. The van der Waals surface area contributed by atoms with Crippen LogP contribution in [-0.4, -0.2) is 13.1 Å². The molecule has 0 radical (unpaired) electrons. The van der Waals surface area contributed by atoms with Crippen molar-refractivity contribution >= 4 is 17.6 Å². The number of carbonyl (C=O) groups is 1. The molecular weight excluding hydrogens is 370 g/mol. The van der Waals surface area contributed by atoms with Crippen LogP contribution in [0.25, 0.3) is 0 Å². The molecule has 2 rings (SSSR count). The number of methoxy groups -OCH3 is 1. The predicted molar refractivity (Wildman–Crippen MR) is 103 cm³/mol. The van der Waals surface area contributed by atoms with E-state index in [2.05, 4.69) is 16.6 Å². The van der Waals surface area contributed by atoms with E-state index < -0.39 is 6.08 Å². The Hall–Kier alpha value is -2.64. The Morgan fingerprint density at radius 2 is 1.85 bits per heavy atom. The zero-order chi connectivity index (χ0) is 19.8. The van der Waals surface area contributed by atoms with Crippen molar-refractivity contribution in [1.29, 1.82) is 0 Å². The van der Waals surface area contributed by atoms with Crippen LogP contribution in [0.1, 0.15) is 34.2 Å². The smallest absolute Gasteiger partial charge is 0.305 e. The van der Waals surface area contributed by atoms with Gasteiger partial charge in [-0.15, -0.1) is 0 Å². The highest BCUT2D eigenvalue weighted by molar-refractivity contribution is 6.32. The van der Waals surface area contributed by atoms with E-state index in [0.29, 0.717) is 17.9 Å². The molecule has 5 heteroatoms. The van der Waals surface area contributed by atoms with Gasteiger partial charge >= 0.3 is 5.97 Å². The summed E-state index contributed by atoms with van der Waals surface area (Å²) >= 11 is 6.35. The zero-order valence-corrected chi connectivity index (χ0v) is 15.9. The van der Waals surface area contributed by atoms with Gasteiger partial charge in [0.1, 0.15) is 0 Å². The van der Waals surface area contributed by atoms with Crippen molar-refractivity contribution in [1.82, 2.24) is 0 Å². The van der Waals surface area contributed by atoms with E-state index in [1.165, 1.54) is 7.11 Å². The molecule has 0 bridgehead atoms. The third kappa shape index (κ3) is 6.54. The van der Waals surface area contributed by atoms with E-state index in [1.54, 1.807) is 24.3 Å². The lowest BCUT2D eigenvalue weighted by molar-refractivity contribution is -0.140. The molecule has 0 aliphatic carbocycles. The van der Waals surface area contributed by atoms with Gasteiger partial charge in [0, 0.05) is 17.5 Å². The summed E-state index contributed by atoms with van der Waals surface area (Å²) in [4.78, 5) is 11.3. The Balaban J connectivity index is 2.13. The molecule has 27 heavy (non-hydrogen) atoms. The van der Waals surface area contributed by atoms with Crippen LogP contribution in [0.2, 0.25) is 5.02 Å². The van der Waals surface area contributed by atoms with Crippen LogP contribution in [0, 0.1) is 18.8 Å². The van der Waals surface area contributed by atoms with Gasteiger partial charge < -0.3 is 4.74 Å². The number of ether oxygens (including phenoxy) is 1. The van der Waals surface area contributed by atoms with Gasteiger partial charge in [-0.3, -0.25) is 4.79 Å². The minimum atomic E-state index is -1.68. The molecule has 0 N–H and O–H groups in total. The van der Waals surface area contributed by atoms with Crippen LogP contribution in [0.5, 0.6) is 0 Å². The lowest BCUT2D eigenvalue weighted by atomic mass is 10.0. The van der Waals surface area contributed by atoms with Gasteiger partial charge in [0.15, 0.2) is 0 Å². The van der Waals surface area contributed by atoms with Gasteiger partial charge in [0.2, 0.25) is 0 Å². The van der Waals surface area contributed by atoms with Gasteiger partial charge in [-0.1, -0.05) is 41.6 Å². The number of carbonyl (C=O) groups excluding carboxylic acids is 1. The lowest BCUT2D eigenvalue weighted by Gasteiger charge is -2.07. The lowest BCUT2D eigenvalue weighted by Crippen LogP contribution is -2.02. The van der Waals surface area contributed by atoms with E-state index in [9.17, 15) is 13.6 Å². The highest BCUT2D eigenvalue weighted by Crippen LogP contribution is 2.22. The van der Waals surface area contributed by atoms with Crippen molar-refractivity contribution in [2.75, 3.05) is 7.11 Å². The minimum Gasteiger partial charge on any atom is -0.469 e. The molecule has 0 amide bonds. The second-order valence-corrected chi connectivity index (χ2v) is 6.40. The number of benzene rings is 2. The average Bonchev–Trinajstić information content (AvgIpc) is 2.64. The van der Waals surface area contributed by atoms with Crippen LogP contribution in [-0.2, 0) is 22.4 Å². The molecule has 0 aromatic heterocycles. The molecule has 0 aliphatic heterocycles. The average molecular weight is 389 g/mol. The van der Waals surface area contributed by atoms with Gasteiger partial charge in [0.25, 0.3) is 6.08 Å². The normalized spacial score (nSPS) is 9.96. The Kier molecular flexibility index (Phi) is 7.57. The standard InChI is InChI=1S/C22H19ClF2O2/c1-15-13-18(9-12-22(26)27-2)14-20(23)19(15)10-7-16-3-5-17(6-4-16)8-11-21(24)25/h3-6,11,13-14H,8-9,12H2,1-2H3. The van der Waals surface area contributed by atoms with Crippen molar-refractivity contribution in [2.24, 2.45) is 0 Å². The molecule has 0 unspecified atom stereocenters. The summed E-state index contributed by atoms with van der Waals surface area (Å²) in [7, 11) is 1.36. The van der Waals surface area contributed by atoms with E-state index in [1.807, 2.05) is 19.1 Å². The first-order valence-electron chi connectivity index (χ1n) is 8.37. The summed E-state index contributed by atoms with van der Waals surface area (Å²) in [6, 6.07) is 10.9. The van der Waals surface area contributed by atoms with Crippen LogP contribution in [0.15, 0.2) is 48.6 Å². The number of halogens is 3. The highest BCUT2D eigenvalue weighted by Gasteiger charge is 2.07. The molecule has 140 valence electrons. The molecule has 0 atom stereocenters. The molecule has 0 fully saturated rings. The largest absolute Gasteiger partial charge is 0.469 e. The number of allylic oxidation sites excluding steroid dienone is 1. The first-order valence-corrected chi connectivity index (χ1v) is 8.75. The number of rotatable bonds is 5. The van der Waals surface area contributed by atoms with Crippen LogP contribution in [0.4, 0.5) is 8.78 Å². The third-order valence-corrected chi connectivity index (χ3v) is 4.27. The highest BCUT2D eigenvalue weighted by atomic mass is 35.5. The summed E-state index contributed by atoms with van der Waals surface area (Å²) in [5.41, 5.74) is 4.16. The van der Waals surface area contributed by atoms with Crippen LogP contribution < -0.4 is 0 Å². The van der Waals surface area contributed by atoms with Crippen molar-refractivity contribution in [3.05, 3.63) is 81.4 Å². The molecule has 0 aliphatic rings. The van der Waals surface area contributed by atoms with Crippen molar-refractivity contribution in [3.63, 3.8) is 0 Å². The molecule has 0 spiro atoms. The van der Waals surface area contributed by atoms with E-state index in [0.717, 1.165) is 33.9 Å². The first-order chi connectivity index (χ1) is 12.9. The van der Waals surface area contributed by atoms with Crippen LogP contribution >= 0.6 is 11.6 Å². The Morgan fingerprint density at radius 3 is 2.44 bits per heavy atom. The fourth-order valence-corrected chi connectivity index (χ4v) is 2.86. The molecule has 0 heterocycles. The Morgan fingerprint density at radius 1 is 1.15 bits per heavy atom. The van der Waals surface area contributed by atoms with E-state index in [4.69, 9.17) is 11.6 Å². The maximum atomic E-state index is 12.1. The van der Waals surface area contributed by atoms with Gasteiger partial charge in [-0.25, -0.2) is 0 Å². The third-order valence-electron chi connectivity index (χ3n) is 3.97. The predicted octanol–water partition coefficient (Wildman–Crippen LogP) is 5.48. The summed E-state index contributed by atoms with van der Waals surface area (Å²) < 4.78 is 28.9. The number of aryl methyl sites for hydroxylation is 2. The first kappa shape index (κ1) is 20.7. The summed E-state index contributed by atoms with van der Waals surface area (Å²) in [5, 5.41) is 0.530. The van der Waals surface area contributed by atoms with Crippen molar-refractivity contribution in [3.8, 4) is 11.8 Å². The fraction of sp³-hybridized carbons (Fsp3) is 0.227. The molecule has 2 aromatic rings. The molecule has 2 nitrogen and oxygen atoms in total. The minimum absolute atomic E-state index is 0.189. The molecular formula is C22H19ClF2O2. The maximum absolute atomic E-state index is 12.1. The monoisotopic (exact) mass is 388 g/mol. The molecule has 0 saturated carbocycles. The number of hydrogen-bond acceptors (Lipinski definition) is 2. The van der Waals surface area contributed by atoms with E-state index >= 15 is 0 Å². The summed E-state index contributed by atoms with van der Waals surface area (Å²) in [5.74, 6) is 5.84. The van der Waals surface area contributed by atoms with Gasteiger partial charge in [0.05, 0.1) is 12.1 Å². The van der Waals surface area contributed by atoms with Crippen molar-refractivity contribution < 1.29 is 18.3 Å². The number of esters is 1. The second kappa shape index (κ2) is 9.89.